The van der Waals surface area contributed by atoms with Crippen molar-refractivity contribution < 1.29 is 39.1 Å². The van der Waals surface area contributed by atoms with Crippen LogP contribution in [0.15, 0.2) is 10.6 Å². The van der Waals surface area contributed by atoms with E-state index in [0.717, 1.165) is 69.5 Å². The van der Waals surface area contributed by atoms with Crippen molar-refractivity contribution in [3.63, 3.8) is 0 Å². The molecule has 4 atom stereocenters. The van der Waals surface area contributed by atoms with Gasteiger partial charge in [0.1, 0.15) is 0 Å². The molecule has 4 aliphatic rings. The molecular formula is C16H28ClN6NaO5. The summed E-state index contributed by atoms with van der Waals surface area (Å²) >= 11 is 0. The van der Waals surface area contributed by atoms with Crippen LogP contribution in [0.5, 0.6) is 0 Å². The van der Waals surface area contributed by atoms with Crippen LogP contribution in [-0.2, 0) is 9.59 Å². The number of amides is 2. The van der Waals surface area contributed by atoms with Gasteiger partial charge in [0.2, 0.25) is 11.8 Å². The van der Waals surface area contributed by atoms with Crippen LogP contribution in [0, 0.1) is 38.7 Å². The van der Waals surface area contributed by atoms with Crippen molar-refractivity contribution in [3.8, 4) is 0 Å². The molecule has 11 nitrogen and oxygen atoms in total. The Bertz CT molecular complexity index is 548. The van der Waals surface area contributed by atoms with Crippen molar-refractivity contribution in [2.75, 3.05) is 52.4 Å². The summed E-state index contributed by atoms with van der Waals surface area (Å²) in [5.41, 5.74) is 0. The van der Waals surface area contributed by atoms with E-state index in [2.05, 4.69) is 10.6 Å². The number of rotatable bonds is 1. The second-order valence-corrected chi connectivity index (χ2v) is 7.57. The molecule has 13 heteroatoms. The summed E-state index contributed by atoms with van der Waals surface area (Å²) in [5, 5.41) is 16.8. The van der Waals surface area contributed by atoms with E-state index in [1.807, 2.05) is 9.80 Å². The molecule has 0 saturated carbocycles. The normalized spacial score (nSPS) is 28.4. The molecule has 4 unspecified atom stereocenters. The SMILES string of the molecule is CC(=O)N1CC2CN(N=O)CC2C1.CC(=O)N1CC2CNCC2C1.Cl.O=N[O-].[Na+]. The average molecular weight is 443 g/mol. The maximum Gasteiger partial charge on any atom is 1.00 e. The number of likely N-dealkylation sites (tertiary alicyclic amines) is 2. The zero-order chi connectivity index (χ0) is 20.0. The maximum atomic E-state index is 11.1. The van der Waals surface area contributed by atoms with Crippen LogP contribution in [0.25, 0.3) is 0 Å². The van der Waals surface area contributed by atoms with E-state index in [4.69, 9.17) is 10.1 Å². The molecule has 2 amide bonds. The molecule has 0 aromatic heterocycles. The van der Waals surface area contributed by atoms with Gasteiger partial charge >= 0.3 is 29.6 Å². The van der Waals surface area contributed by atoms with E-state index < -0.39 is 0 Å². The summed E-state index contributed by atoms with van der Waals surface area (Å²) in [6, 6.07) is 0. The van der Waals surface area contributed by atoms with Gasteiger partial charge in [0.05, 0.1) is 5.29 Å². The van der Waals surface area contributed by atoms with Crippen molar-refractivity contribution >= 4 is 24.2 Å². The van der Waals surface area contributed by atoms with Gasteiger partial charge in [-0.1, -0.05) is 0 Å². The van der Waals surface area contributed by atoms with Crippen LogP contribution in [0.2, 0.25) is 0 Å². The van der Waals surface area contributed by atoms with E-state index in [9.17, 15) is 14.5 Å². The molecule has 0 aromatic carbocycles. The Morgan fingerprint density at radius 1 is 0.828 bits per heavy atom. The van der Waals surface area contributed by atoms with E-state index >= 15 is 0 Å². The standard InChI is InChI=1S/C8H13N3O2.C8H14N2O.ClH.HNO2.Na/c1-6(12)10-2-7-4-11(9-13)5-8(7)3-10;1-6(11)10-4-7-2-9-3-8(7)5-10;;2-1-3;/h7-8H,2-5H2,1H3;7-9H,2-5H2,1H3;1H;(H,2,3);/q;;;;+1/p-1. The van der Waals surface area contributed by atoms with Gasteiger partial charge in [0.15, 0.2) is 0 Å². The first-order valence-electron chi connectivity index (χ1n) is 9.14. The topological polar surface area (TPSA) is 138 Å². The van der Waals surface area contributed by atoms with E-state index in [-0.39, 0.29) is 53.8 Å². The molecule has 4 saturated heterocycles. The zero-order valence-electron chi connectivity index (χ0n) is 17.2. The molecule has 29 heavy (non-hydrogen) atoms. The van der Waals surface area contributed by atoms with Crippen LogP contribution in [0.1, 0.15) is 13.8 Å². The fourth-order valence-electron chi connectivity index (χ4n) is 4.40. The minimum atomic E-state index is 0. The number of carbonyl (C=O) groups is 2. The van der Waals surface area contributed by atoms with Gasteiger partial charge in [-0.15, -0.1) is 22.7 Å². The van der Waals surface area contributed by atoms with Crippen LogP contribution in [-0.4, -0.2) is 79.0 Å². The summed E-state index contributed by atoms with van der Waals surface area (Å²) in [5.74, 6) is 2.76. The predicted molar refractivity (Wildman–Crippen MR) is 105 cm³/mol. The quantitative estimate of drug-likeness (QED) is 0.268. The molecule has 4 aliphatic heterocycles. The number of hydrogen-bond donors (Lipinski definition) is 1. The Labute approximate surface area is 198 Å². The van der Waals surface area contributed by atoms with E-state index in [0.29, 0.717) is 11.8 Å². The smallest absolute Gasteiger partial charge is 0.444 e. The van der Waals surface area contributed by atoms with Crippen LogP contribution < -0.4 is 34.9 Å². The molecule has 0 spiro atoms. The van der Waals surface area contributed by atoms with Gasteiger partial charge in [-0.25, -0.2) is 0 Å². The Balaban J connectivity index is 0.000000453. The minimum absolute atomic E-state index is 0. The number of hydrogen-bond acceptors (Lipinski definition) is 8. The summed E-state index contributed by atoms with van der Waals surface area (Å²) in [4.78, 5) is 44.1. The first kappa shape index (κ1) is 28.0. The van der Waals surface area contributed by atoms with Gasteiger partial charge in [0.25, 0.3) is 0 Å². The zero-order valence-corrected chi connectivity index (χ0v) is 20.0. The molecule has 1 N–H and O–H groups in total. The van der Waals surface area contributed by atoms with E-state index in [1.165, 1.54) is 0 Å². The van der Waals surface area contributed by atoms with Gasteiger partial charge in [-0.05, 0) is 11.8 Å². The Morgan fingerprint density at radius 2 is 1.17 bits per heavy atom. The number of carbonyl (C=O) groups excluding carboxylic acids is 2. The van der Waals surface area contributed by atoms with Gasteiger partial charge in [-0.2, -0.15) is 0 Å². The number of halogens is 1. The molecule has 160 valence electrons. The van der Waals surface area contributed by atoms with Crippen molar-refractivity contribution in [2.45, 2.75) is 13.8 Å². The fourth-order valence-corrected chi connectivity index (χ4v) is 4.40. The Morgan fingerprint density at radius 3 is 1.48 bits per heavy atom. The predicted octanol–water partition coefficient (Wildman–Crippen LogP) is -2.56. The molecule has 4 fully saturated rings. The molecule has 4 rings (SSSR count). The number of nitrogens with zero attached hydrogens (tertiary/aromatic N) is 5. The van der Waals surface area contributed by atoms with Crippen molar-refractivity contribution in [2.24, 2.45) is 34.3 Å². The monoisotopic (exact) mass is 442 g/mol. The van der Waals surface area contributed by atoms with Crippen molar-refractivity contribution in [1.29, 1.82) is 0 Å². The second kappa shape index (κ2) is 13.3. The summed E-state index contributed by atoms with van der Waals surface area (Å²) < 4.78 is 0. The number of nitroso groups, excluding NO2 is 1. The third-order valence-electron chi connectivity index (χ3n) is 5.86. The third kappa shape index (κ3) is 7.63. The first-order valence-corrected chi connectivity index (χ1v) is 9.14. The molecular weight excluding hydrogens is 415 g/mol. The average Bonchev–Trinajstić information content (AvgIpc) is 3.34. The van der Waals surface area contributed by atoms with E-state index in [1.54, 1.807) is 18.9 Å². The number of fused-ring (bicyclic) bond motifs is 2. The van der Waals surface area contributed by atoms with Crippen LogP contribution in [0.4, 0.5) is 0 Å². The summed E-state index contributed by atoms with van der Waals surface area (Å²) in [6.45, 7) is 10.5. The number of nitrogens with one attached hydrogen (secondary N) is 1. The molecule has 0 radical (unpaired) electrons. The summed E-state index contributed by atoms with van der Waals surface area (Å²) in [6.07, 6.45) is 0. The fraction of sp³-hybridized carbons (Fsp3) is 0.875. The molecule has 0 aliphatic carbocycles. The first-order chi connectivity index (χ1) is 12.9. The Kier molecular flexibility index (Phi) is 12.9. The molecule has 0 bridgehead atoms. The van der Waals surface area contributed by atoms with Crippen molar-refractivity contribution in [3.05, 3.63) is 15.0 Å². The van der Waals surface area contributed by atoms with Crippen LogP contribution >= 0.6 is 12.4 Å². The Hall–Kier alpha value is -1.01. The van der Waals surface area contributed by atoms with Gasteiger partial charge < -0.3 is 25.2 Å². The maximum absolute atomic E-state index is 11.1. The van der Waals surface area contributed by atoms with Gasteiger partial charge in [-0.3, -0.25) is 14.6 Å². The summed E-state index contributed by atoms with van der Waals surface area (Å²) in [7, 11) is 0. The minimum Gasteiger partial charge on any atom is -0.444 e. The third-order valence-corrected chi connectivity index (χ3v) is 5.86. The van der Waals surface area contributed by atoms with Crippen LogP contribution in [0.3, 0.4) is 0 Å². The molecule has 4 heterocycles. The second-order valence-electron chi connectivity index (χ2n) is 7.57. The van der Waals surface area contributed by atoms with Crippen molar-refractivity contribution in [1.82, 2.24) is 20.1 Å². The molecule has 0 aromatic rings. The van der Waals surface area contributed by atoms with Gasteiger partial charge in [0, 0.05) is 78.0 Å². The largest absolute Gasteiger partial charge is 1.00 e.